The van der Waals surface area contributed by atoms with Crippen LogP contribution in [-0.2, 0) is 16.1 Å². The predicted octanol–water partition coefficient (Wildman–Crippen LogP) is 2.08. The highest BCUT2D eigenvalue weighted by Gasteiger charge is 1.98. The average molecular weight is 183 g/mol. The van der Waals surface area contributed by atoms with Gasteiger partial charge in [-0.05, 0) is 12.3 Å². The number of carbonyl (C=O) groups excluding carboxylic acids is 1. The summed E-state index contributed by atoms with van der Waals surface area (Å²) in [5.41, 5.74) is 0.940. The van der Waals surface area contributed by atoms with Gasteiger partial charge < -0.3 is 4.74 Å². The Balaban J connectivity index is 2.69. The number of rotatable bonds is 3. The monoisotopic (exact) mass is 183 g/mol. The molecule has 0 unspecified atom stereocenters. The summed E-state index contributed by atoms with van der Waals surface area (Å²) in [4.78, 5) is 11.3. The van der Waals surface area contributed by atoms with Crippen molar-refractivity contribution in [2.24, 2.45) is 0 Å². The lowest BCUT2D eigenvalue weighted by Crippen LogP contribution is -1.91. The normalized spacial score (nSPS) is 10.6. The Labute approximate surface area is 77.3 Å². The first-order valence-electron chi connectivity index (χ1n) is 3.99. The van der Waals surface area contributed by atoms with Gasteiger partial charge in [-0.25, -0.2) is 0 Å². The lowest BCUT2D eigenvalue weighted by Gasteiger charge is -2.04. The third-order valence-corrected chi connectivity index (χ3v) is 2.32. The van der Waals surface area contributed by atoms with E-state index in [-0.39, 0.29) is 6.61 Å². The molecule has 12 heavy (non-hydrogen) atoms. The number of thioether (sulfide) groups is 1. The minimum Gasteiger partial charge on any atom is -0.463 e. The fourth-order valence-corrected chi connectivity index (χ4v) is 1.53. The Morgan fingerprint density at radius 2 is 2.42 bits per heavy atom. The maximum Gasteiger partial charge on any atom is 0.293 e. The second-order valence-corrected chi connectivity index (χ2v) is 3.03. The molecule has 0 aliphatic rings. The van der Waals surface area contributed by atoms with Crippen molar-refractivity contribution in [1.29, 1.82) is 0 Å². The topological polar surface area (TPSA) is 26.3 Å². The maximum absolute atomic E-state index is 10.3. The second-order valence-electron chi connectivity index (χ2n) is 2.18. The van der Waals surface area contributed by atoms with E-state index in [0.29, 0.717) is 0 Å². The summed E-state index contributed by atoms with van der Waals surface area (Å²) in [5, 5.41) is 0. The van der Waals surface area contributed by atoms with Crippen molar-refractivity contribution >= 4 is 18.2 Å². The first-order chi connectivity index (χ1) is 6.24. The van der Waals surface area contributed by atoms with Crippen LogP contribution >= 0.6 is 11.8 Å². The van der Waals surface area contributed by atoms with Gasteiger partial charge in [0.15, 0.2) is 1.37 Å². The zero-order chi connectivity index (χ0) is 9.68. The van der Waals surface area contributed by atoms with E-state index in [1.54, 1.807) is 11.8 Å². The smallest absolute Gasteiger partial charge is 0.293 e. The molecular weight excluding hydrogens is 172 g/mol. The van der Waals surface area contributed by atoms with E-state index in [0.717, 1.165) is 10.5 Å². The summed E-state index contributed by atoms with van der Waals surface area (Å²) >= 11 is 1.59. The third kappa shape index (κ3) is 2.27. The molecule has 1 aromatic carbocycles. The molecule has 0 saturated carbocycles. The summed E-state index contributed by atoms with van der Waals surface area (Å²) in [6.45, 7) is 0.180. The van der Waals surface area contributed by atoms with Gasteiger partial charge in [-0.2, -0.15) is 0 Å². The molecule has 0 aliphatic carbocycles. The standard InChI is InChI=1S/C9H10O2S/c1-12-9-5-3-2-4-8(9)6-11-7-10/h2-5,7H,6H2,1H3/i7D. The van der Waals surface area contributed by atoms with Crippen LogP contribution in [0.1, 0.15) is 6.93 Å². The van der Waals surface area contributed by atoms with Crippen LogP contribution in [0.2, 0.25) is 0 Å². The summed E-state index contributed by atoms with van der Waals surface area (Å²) in [7, 11) is 0. The second kappa shape index (κ2) is 4.83. The van der Waals surface area contributed by atoms with Crippen LogP contribution in [0.15, 0.2) is 29.2 Å². The molecule has 64 valence electrons. The highest BCUT2D eigenvalue weighted by atomic mass is 32.2. The molecule has 0 radical (unpaired) electrons. The third-order valence-electron chi connectivity index (χ3n) is 1.48. The zero-order valence-corrected chi connectivity index (χ0v) is 7.56. The summed E-state index contributed by atoms with van der Waals surface area (Å²) < 4.78 is 11.2. The van der Waals surface area contributed by atoms with E-state index in [9.17, 15) is 4.79 Å². The molecule has 0 N–H and O–H groups in total. The summed E-state index contributed by atoms with van der Waals surface area (Å²) in [6.07, 6.45) is 0.970. The first-order valence-corrected chi connectivity index (χ1v) is 4.71. The van der Waals surface area contributed by atoms with Crippen LogP contribution in [0, 0.1) is 0 Å². The molecule has 0 aromatic heterocycles. The quantitative estimate of drug-likeness (QED) is 0.530. The van der Waals surface area contributed by atoms with Crippen molar-refractivity contribution in [3.05, 3.63) is 29.8 Å². The summed E-state index contributed by atoms with van der Waals surface area (Å²) in [6, 6.07) is 7.65. The van der Waals surface area contributed by atoms with Gasteiger partial charge in [0, 0.05) is 10.5 Å². The zero-order valence-electron chi connectivity index (χ0n) is 7.74. The van der Waals surface area contributed by atoms with Crippen LogP contribution in [-0.4, -0.2) is 12.7 Å². The molecule has 0 saturated heterocycles. The Bertz CT molecular complexity index is 301. The van der Waals surface area contributed by atoms with Gasteiger partial charge in [-0.15, -0.1) is 11.8 Å². The molecule has 0 bridgehead atoms. The van der Waals surface area contributed by atoms with Gasteiger partial charge in [-0.1, -0.05) is 18.2 Å². The lowest BCUT2D eigenvalue weighted by molar-refractivity contribution is -0.129. The van der Waals surface area contributed by atoms with Crippen molar-refractivity contribution in [2.45, 2.75) is 11.5 Å². The minimum absolute atomic E-state index is 0.180. The van der Waals surface area contributed by atoms with Gasteiger partial charge in [0.25, 0.3) is 6.45 Å². The molecule has 0 fully saturated rings. The molecule has 2 nitrogen and oxygen atoms in total. The minimum atomic E-state index is -0.990. The maximum atomic E-state index is 10.3. The molecule has 1 rings (SSSR count). The average Bonchev–Trinajstić information content (AvgIpc) is 2.15. The van der Waals surface area contributed by atoms with E-state index in [1.165, 1.54) is 0 Å². The molecule has 0 amide bonds. The van der Waals surface area contributed by atoms with Gasteiger partial charge in [0.2, 0.25) is 0 Å². The number of hydrogen-bond donors (Lipinski definition) is 0. The molecular formula is C9H10O2S. The van der Waals surface area contributed by atoms with Crippen LogP contribution in [0.4, 0.5) is 0 Å². The fourth-order valence-electron chi connectivity index (χ4n) is 0.929. The lowest BCUT2D eigenvalue weighted by atomic mass is 10.2. The molecule has 0 atom stereocenters. The van der Waals surface area contributed by atoms with Crippen molar-refractivity contribution in [2.75, 3.05) is 6.26 Å². The van der Waals surface area contributed by atoms with Gasteiger partial charge in [0.05, 0.1) is 0 Å². The number of carbonyl (C=O) groups is 1. The summed E-state index contributed by atoms with van der Waals surface area (Å²) in [5.74, 6) is 0. The Kier molecular flexibility index (Phi) is 3.09. The van der Waals surface area contributed by atoms with Crippen LogP contribution < -0.4 is 0 Å². The molecule has 0 heterocycles. The molecule has 1 aromatic rings. The van der Waals surface area contributed by atoms with E-state index in [2.05, 4.69) is 4.74 Å². The van der Waals surface area contributed by atoms with E-state index in [4.69, 9.17) is 1.37 Å². The van der Waals surface area contributed by atoms with E-state index in [1.807, 2.05) is 30.5 Å². The number of ether oxygens (including phenoxy) is 1. The highest BCUT2D eigenvalue weighted by Crippen LogP contribution is 2.19. The Morgan fingerprint density at radius 1 is 1.67 bits per heavy atom. The Hall–Kier alpha value is -0.960. The molecule has 0 aliphatic heterocycles. The largest absolute Gasteiger partial charge is 0.463 e. The molecule has 0 spiro atoms. The highest BCUT2D eigenvalue weighted by molar-refractivity contribution is 7.98. The number of hydrogen-bond acceptors (Lipinski definition) is 3. The fraction of sp³-hybridized carbons (Fsp3) is 0.222. The number of benzene rings is 1. The van der Waals surface area contributed by atoms with Gasteiger partial charge in [0.1, 0.15) is 6.61 Å². The molecule has 3 heteroatoms. The van der Waals surface area contributed by atoms with Crippen molar-refractivity contribution < 1.29 is 10.9 Å². The predicted molar refractivity (Wildman–Crippen MR) is 49.1 cm³/mol. The van der Waals surface area contributed by atoms with Crippen molar-refractivity contribution in [1.82, 2.24) is 0 Å². The van der Waals surface area contributed by atoms with Crippen molar-refractivity contribution in [3.63, 3.8) is 0 Å². The van der Waals surface area contributed by atoms with E-state index < -0.39 is 6.45 Å². The van der Waals surface area contributed by atoms with Crippen LogP contribution in [0.3, 0.4) is 0 Å². The van der Waals surface area contributed by atoms with Crippen LogP contribution in [0.25, 0.3) is 0 Å². The van der Waals surface area contributed by atoms with E-state index >= 15 is 0 Å². The first kappa shape index (κ1) is 7.68. The SMILES string of the molecule is [2H]C(=O)OCc1ccccc1SC. The Morgan fingerprint density at radius 3 is 3.08 bits per heavy atom. The van der Waals surface area contributed by atoms with Crippen LogP contribution in [0.5, 0.6) is 0 Å². The van der Waals surface area contributed by atoms with Gasteiger partial charge in [-0.3, -0.25) is 4.79 Å². The van der Waals surface area contributed by atoms with Gasteiger partial charge >= 0.3 is 0 Å². The van der Waals surface area contributed by atoms with Crippen molar-refractivity contribution in [3.8, 4) is 0 Å².